The summed E-state index contributed by atoms with van der Waals surface area (Å²) in [5.74, 6) is -0.758. The van der Waals surface area contributed by atoms with Crippen molar-refractivity contribution in [1.29, 1.82) is 0 Å². The topological polar surface area (TPSA) is 46.9 Å². The monoisotopic (exact) mass is 249 g/mol. The molecule has 1 rings (SSSR count). The van der Waals surface area contributed by atoms with E-state index in [-0.39, 0.29) is 6.54 Å². The van der Waals surface area contributed by atoms with Crippen molar-refractivity contribution in [2.45, 2.75) is 33.0 Å². The number of hydrogen-bond donors (Lipinski definition) is 1. The van der Waals surface area contributed by atoms with Gasteiger partial charge in [0, 0.05) is 12.6 Å². The maximum atomic E-state index is 12.9. The van der Waals surface area contributed by atoms with Crippen LogP contribution in [0.4, 0.5) is 13.2 Å². The first-order valence-electron chi connectivity index (χ1n) is 5.22. The predicted octanol–water partition coefficient (Wildman–Crippen LogP) is 2.23. The number of nitrogens with one attached hydrogen (secondary N) is 1. The molecule has 4 nitrogen and oxygen atoms in total. The molecule has 1 aromatic rings. The lowest BCUT2D eigenvalue weighted by atomic mass is 10.2. The molecule has 0 bridgehead atoms. The van der Waals surface area contributed by atoms with Crippen LogP contribution in [-0.4, -0.2) is 22.2 Å². The van der Waals surface area contributed by atoms with Crippen LogP contribution in [0, 0.1) is 0 Å². The smallest absolute Gasteiger partial charge is 0.352 e. The highest BCUT2D eigenvalue weighted by atomic mass is 19.4. The Kier molecular flexibility index (Phi) is 3.79. The number of carbonyl (C=O) groups excluding carboxylic acids is 1. The Bertz CT molecular complexity index is 409. The summed E-state index contributed by atoms with van der Waals surface area (Å²) in [6, 6.07) is -0.463. The number of hydrogen-bond acceptors (Lipinski definition) is 2. The Balaban J connectivity index is 3.28. The first-order chi connectivity index (χ1) is 7.79. The number of aromatic nitrogens is 2. The van der Waals surface area contributed by atoms with Crippen LogP contribution in [0.2, 0.25) is 0 Å². The molecule has 0 aliphatic carbocycles. The Hall–Kier alpha value is -1.53. The minimum Gasteiger partial charge on any atom is -0.352 e. The van der Waals surface area contributed by atoms with Crippen LogP contribution >= 0.6 is 0 Å². The molecule has 1 N–H and O–H groups in total. The summed E-state index contributed by atoms with van der Waals surface area (Å²) in [5.41, 5.74) is -1.44. The average Bonchev–Trinajstić information content (AvgIpc) is 2.61. The van der Waals surface area contributed by atoms with E-state index in [0.717, 1.165) is 10.9 Å². The van der Waals surface area contributed by atoms with Gasteiger partial charge in [-0.3, -0.25) is 9.48 Å². The van der Waals surface area contributed by atoms with Crippen LogP contribution in [-0.2, 0) is 6.18 Å². The molecular weight excluding hydrogens is 235 g/mol. The molecule has 96 valence electrons. The van der Waals surface area contributed by atoms with Crippen molar-refractivity contribution in [2.75, 3.05) is 6.54 Å². The van der Waals surface area contributed by atoms with E-state index in [9.17, 15) is 18.0 Å². The zero-order valence-electron chi connectivity index (χ0n) is 9.80. The van der Waals surface area contributed by atoms with Crippen molar-refractivity contribution in [3.8, 4) is 0 Å². The van der Waals surface area contributed by atoms with Crippen LogP contribution in [0.5, 0.6) is 0 Å². The summed E-state index contributed by atoms with van der Waals surface area (Å²) in [5, 5.41) is 5.96. The van der Waals surface area contributed by atoms with E-state index in [2.05, 4.69) is 10.4 Å². The van der Waals surface area contributed by atoms with Crippen molar-refractivity contribution in [2.24, 2.45) is 0 Å². The van der Waals surface area contributed by atoms with Gasteiger partial charge in [0.25, 0.3) is 5.91 Å². The molecule has 0 saturated heterocycles. The van der Waals surface area contributed by atoms with Gasteiger partial charge in [-0.15, -0.1) is 0 Å². The fraction of sp³-hybridized carbons (Fsp3) is 0.600. The molecule has 0 radical (unpaired) electrons. The lowest BCUT2D eigenvalue weighted by molar-refractivity contribution is -0.145. The third kappa shape index (κ3) is 2.78. The minimum absolute atomic E-state index is 0.267. The second-order valence-corrected chi connectivity index (χ2v) is 3.80. The molecule has 1 heterocycles. The van der Waals surface area contributed by atoms with Crippen molar-refractivity contribution < 1.29 is 18.0 Å². The van der Waals surface area contributed by atoms with Crippen LogP contribution in [0.1, 0.15) is 42.9 Å². The summed E-state index contributed by atoms with van der Waals surface area (Å²) in [6.45, 7) is 5.05. The Morgan fingerprint density at radius 1 is 1.53 bits per heavy atom. The zero-order chi connectivity index (χ0) is 13.2. The highest BCUT2D eigenvalue weighted by Gasteiger charge is 2.40. The quantitative estimate of drug-likeness (QED) is 0.892. The van der Waals surface area contributed by atoms with Crippen molar-refractivity contribution >= 4 is 5.91 Å². The molecule has 0 aliphatic rings. The molecule has 0 aromatic carbocycles. The van der Waals surface area contributed by atoms with Crippen LogP contribution < -0.4 is 5.32 Å². The number of carbonyl (C=O) groups is 1. The summed E-state index contributed by atoms with van der Waals surface area (Å²) in [4.78, 5) is 11.5. The first kappa shape index (κ1) is 13.5. The highest BCUT2D eigenvalue weighted by molar-refractivity contribution is 5.95. The summed E-state index contributed by atoms with van der Waals surface area (Å²) in [6.07, 6.45) is -3.64. The van der Waals surface area contributed by atoms with E-state index >= 15 is 0 Å². The molecule has 17 heavy (non-hydrogen) atoms. The van der Waals surface area contributed by atoms with E-state index in [4.69, 9.17) is 0 Å². The zero-order valence-corrected chi connectivity index (χ0v) is 9.80. The molecule has 1 aromatic heterocycles. The highest BCUT2D eigenvalue weighted by Crippen LogP contribution is 2.33. The number of rotatable bonds is 3. The molecule has 0 aliphatic heterocycles. The summed E-state index contributed by atoms with van der Waals surface area (Å²) in [7, 11) is 0. The van der Waals surface area contributed by atoms with Crippen molar-refractivity contribution in [3.05, 3.63) is 17.5 Å². The molecule has 0 atom stereocenters. The molecule has 7 heteroatoms. The van der Waals surface area contributed by atoms with E-state index in [1.807, 2.05) is 0 Å². The normalized spacial score (nSPS) is 11.9. The van der Waals surface area contributed by atoms with Gasteiger partial charge in [-0.2, -0.15) is 18.3 Å². The first-order valence-corrected chi connectivity index (χ1v) is 5.22. The molecule has 1 amide bonds. The largest absolute Gasteiger partial charge is 0.433 e. The number of nitrogens with zero attached hydrogens (tertiary/aromatic N) is 2. The van der Waals surface area contributed by atoms with Crippen molar-refractivity contribution in [1.82, 2.24) is 15.1 Å². The van der Waals surface area contributed by atoms with Gasteiger partial charge in [0.1, 0.15) is 0 Å². The fourth-order valence-corrected chi connectivity index (χ4v) is 1.46. The third-order valence-electron chi connectivity index (χ3n) is 2.14. The standard InChI is InChI=1S/C10H14F3N3O/c1-4-14-9(17)7-5-15-16(6(2)3)8(7)10(11,12)13/h5-6H,4H2,1-3H3,(H,14,17). The molecule has 0 fully saturated rings. The maximum Gasteiger partial charge on any atom is 0.433 e. The molecular formula is C10H14F3N3O. The van der Waals surface area contributed by atoms with Crippen LogP contribution in [0.3, 0.4) is 0 Å². The Labute approximate surface area is 96.8 Å². The van der Waals surface area contributed by atoms with Crippen LogP contribution in [0.15, 0.2) is 6.20 Å². The van der Waals surface area contributed by atoms with E-state index < -0.39 is 29.4 Å². The van der Waals surface area contributed by atoms with Gasteiger partial charge in [-0.1, -0.05) is 0 Å². The minimum atomic E-state index is -4.60. The molecule has 0 spiro atoms. The Morgan fingerprint density at radius 3 is 2.53 bits per heavy atom. The second-order valence-electron chi connectivity index (χ2n) is 3.80. The lowest BCUT2D eigenvalue weighted by Gasteiger charge is -2.14. The third-order valence-corrected chi connectivity index (χ3v) is 2.14. The van der Waals surface area contributed by atoms with E-state index in [1.165, 1.54) is 0 Å². The van der Waals surface area contributed by atoms with Gasteiger partial charge < -0.3 is 5.32 Å². The van der Waals surface area contributed by atoms with Gasteiger partial charge in [0.05, 0.1) is 11.8 Å². The lowest BCUT2D eigenvalue weighted by Crippen LogP contribution is -2.26. The Morgan fingerprint density at radius 2 is 2.12 bits per heavy atom. The van der Waals surface area contributed by atoms with Crippen molar-refractivity contribution in [3.63, 3.8) is 0 Å². The molecule has 0 saturated carbocycles. The molecule has 0 unspecified atom stereocenters. The summed E-state index contributed by atoms with van der Waals surface area (Å²) >= 11 is 0. The number of halogens is 3. The van der Waals surface area contributed by atoms with E-state index in [1.54, 1.807) is 20.8 Å². The van der Waals surface area contributed by atoms with Gasteiger partial charge >= 0.3 is 6.18 Å². The average molecular weight is 249 g/mol. The SMILES string of the molecule is CCNC(=O)c1cnn(C(C)C)c1C(F)(F)F. The maximum absolute atomic E-state index is 12.9. The number of amides is 1. The fourth-order valence-electron chi connectivity index (χ4n) is 1.46. The van der Waals surface area contributed by atoms with Gasteiger partial charge in [-0.25, -0.2) is 0 Å². The van der Waals surface area contributed by atoms with Crippen LogP contribution in [0.25, 0.3) is 0 Å². The van der Waals surface area contributed by atoms with Gasteiger partial charge in [0.2, 0.25) is 0 Å². The second kappa shape index (κ2) is 4.77. The number of alkyl halides is 3. The predicted molar refractivity (Wildman–Crippen MR) is 55.6 cm³/mol. The van der Waals surface area contributed by atoms with E-state index in [0.29, 0.717) is 0 Å². The van der Waals surface area contributed by atoms with Gasteiger partial charge in [0.15, 0.2) is 5.69 Å². The summed E-state index contributed by atoms with van der Waals surface area (Å²) < 4.78 is 39.4. The van der Waals surface area contributed by atoms with Gasteiger partial charge in [-0.05, 0) is 20.8 Å².